The SMILES string of the molecule is CC(=O)N(CCNC(=O)C1CCOCC1)c1cccc(Br)c1. The van der Waals surface area contributed by atoms with Crippen LogP contribution in [0.4, 0.5) is 5.69 Å². The Morgan fingerprint density at radius 2 is 2.09 bits per heavy atom. The van der Waals surface area contributed by atoms with Gasteiger partial charge in [-0.3, -0.25) is 9.59 Å². The van der Waals surface area contributed by atoms with Crippen molar-refractivity contribution in [2.24, 2.45) is 5.92 Å². The van der Waals surface area contributed by atoms with Crippen molar-refractivity contribution in [2.75, 3.05) is 31.2 Å². The van der Waals surface area contributed by atoms with E-state index >= 15 is 0 Å². The molecule has 0 radical (unpaired) electrons. The molecule has 0 aromatic heterocycles. The summed E-state index contributed by atoms with van der Waals surface area (Å²) in [4.78, 5) is 25.5. The molecule has 0 aliphatic carbocycles. The molecule has 0 spiro atoms. The summed E-state index contributed by atoms with van der Waals surface area (Å²) in [5.41, 5.74) is 0.821. The van der Waals surface area contributed by atoms with Crippen LogP contribution in [0.5, 0.6) is 0 Å². The summed E-state index contributed by atoms with van der Waals surface area (Å²) in [6, 6.07) is 7.57. The Bertz CT molecular complexity index is 530. The fourth-order valence-corrected chi connectivity index (χ4v) is 2.89. The van der Waals surface area contributed by atoms with E-state index < -0.39 is 0 Å². The Kier molecular flexibility index (Phi) is 6.39. The van der Waals surface area contributed by atoms with Gasteiger partial charge >= 0.3 is 0 Å². The first-order chi connectivity index (χ1) is 10.6. The molecule has 1 heterocycles. The van der Waals surface area contributed by atoms with Crippen LogP contribution < -0.4 is 10.2 Å². The average Bonchev–Trinajstić information content (AvgIpc) is 2.51. The maximum absolute atomic E-state index is 12.1. The lowest BCUT2D eigenvalue weighted by atomic mass is 9.99. The smallest absolute Gasteiger partial charge is 0.223 e. The van der Waals surface area contributed by atoms with Gasteiger partial charge in [0.25, 0.3) is 0 Å². The second-order valence-electron chi connectivity index (χ2n) is 5.33. The van der Waals surface area contributed by atoms with Crippen molar-refractivity contribution in [1.82, 2.24) is 5.32 Å². The number of benzene rings is 1. The van der Waals surface area contributed by atoms with Crippen LogP contribution in [0.1, 0.15) is 19.8 Å². The third-order valence-corrected chi connectivity index (χ3v) is 4.22. The number of halogens is 1. The molecule has 2 amide bonds. The third kappa shape index (κ3) is 4.81. The quantitative estimate of drug-likeness (QED) is 0.867. The molecule has 22 heavy (non-hydrogen) atoms. The van der Waals surface area contributed by atoms with Gasteiger partial charge in [-0.1, -0.05) is 22.0 Å². The lowest BCUT2D eigenvalue weighted by Gasteiger charge is -2.24. The fourth-order valence-electron chi connectivity index (χ4n) is 2.51. The number of carbonyl (C=O) groups is 2. The summed E-state index contributed by atoms with van der Waals surface area (Å²) in [5.74, 6) is 0.0462. The summed E-state index contributed by atoms with van der Waals surface area (Å²) in [6.45, 7) is 3.73. The molecule has 1 aliphatic heterocycles. The Labute approximate surface area is 139 Å². The summed E-state index contributed by atoms with van der Waals surface area (Å²) in [6.07, 6.45) is 1.54. The summed E-state index contributed by atoms with van der Waals surface area (Å²) >= 11 is 3.40. The molecular weight excluding hydrogens is 348 g/mol. The topological polar surface area (TPSA) is 58.6 Å². The van der Waals surface area contributed by atoms with E-state index in [2.05, 4.69) is 21.2 Å². The van der Waals surface area contributed by atoms with E-state index in [0.29, 0.717) is 26.3 Å². The number of rotatable bonds is 5. The molecule has 1 fully saturated rings. The molecule has 120 valence electrons. The minimum Gasteiger partial charge on any atom is -0.381 e. The predicted molar refractivity (Wildman–Crippen MR) is 88.7 cm³/mol. The summed E-state index contributed by atoms with van der Waals surface area (Å²) < 4.78 is 6.17. The first kappa shape index (κ1) is 17.0. The van der Waals surface area contributed by atoms with Crippen LogP contribution in [0.25, 0.3) is 0 Å². The van der Waals surface area contributed by atoms with E-state index in [0.717, 1.165) is 23.0 Å². The number of hydrogen-bond acceptors (Lipinski definition) is 3. The van der Waals surface area contributed by atoms with Gasteiger partial charge < -0.3 is 15.0 Å². The van der Waals surface area contributed by atoms with Crippen molar-refractivity contribution >= 4 is 33.4 Å². The van der Waals surface area contributed by atoms with Crippen molar-refractivity contribution < 1.29 is 14.3 Å². The Balaban J connectivity index is 1.87. The molecule has 2 rings (SSSR count). The number of nitrogens with zero attached hydrogens (tertiary/aromatic N) is 1. The van der Waals surface area contributed by atoms with Crippen molar-refractivity contribution in [2.45, 2.75) is 19.8 Å². The molecule has 1 aliphatic rings. The van der Waals surface area contributed by atoms with Gasteiger partial charge in [0.05, 0.1) is 0 Å². The van der Waals surface area contributed by atoms with Crippen molar-refractivity contribution in [3.8, 4) is 0 Å². The van der Waals surface area contributed by atoms with E-state index in [9.17, 15) is 9.59 Å². The van der Waals surface area contributed by atoms with Crippen LogP contribution in [0.2, 0.25) is 0 Å². The van der Waals surface area contributed by atoms with Gasteiger partial charge in [-0.2, -0.15) is 0 Å². The Morgan fingerprint density at radius 1 is 1.36 bits per heavy atom. The maximum atomic E-state index is 12.1. The van der Waals surface area contributed by atoms with E-state index in [1.54, 1.807) is 4.90 Å². The number of ether oxygens (including phenoxy) is 1. The second kappa shape index (κ2) is 8.29. The fraction of sp³-hybridized carbons (Fsp3) is 0.500. The van der Waals surface area contributed by atoms with E-state index in [4.69, 9.17) is 4.74 Å². The zero-order valence-electron chi connectivity index (χ0n) is 12.7. The highest BCUT2D eigenvalue weighted by atomic mass is 79.9. The third-order valence-electron chi connectivity index (χ3n) is 3.73. The largest absolute Gasteiger partial charge is 0.381 e. The number of nitrogens with one attached hydrogen (secondary N) is 1. The van der Waals surface area contributed by atoms with Crippen LogP contribution in [-0.2, 0) is 14.3 Å². The minimum atomic E-state index is -0.0431. The van der Waals surface area contributed by atoms with Crippen LogP contribution in [-0.4, -0.2) is 38.1 Å². The monoisotopic (exact) mass is 368 g/mol. The standard InChI is InChI=1S/C16H21BrN2O3/c1-12(20)19(15-4-2-3-14(17)11-15)8-7-18-16(21)13-5-9-22-10-6-13/h2-4,11,13H,5-10H2,1H3,(H,18,21). The van der Waals surface area contributed by atoms with Crippen LogP contribution in [0.15, 0.2) is 28.7 Å². The van der Waals surface area contributed by atoms with E-state index in [1.807, 2.05) is 24.3 Å². The van der Waals surface area contributed by atoms with Crippen LogP contribution >= 0.6 is 15.9 Å². The molecular formula is C16H21BrN2O3. The van der Waals surface area contributed by atoms with E-state index in [1.165, 1.54) is 6.92 Å². The van der Waals surface area contributed by atoms with Gasteiger partial charge in [0.1, 0.15) is 0 Å². The molecule has 0 saturated carbocycles. The average molecular weight is 369 g/mol. The number of carbonyl (C=O) groups excluding carboxylic acids is 2. The van der Waals surface area contributed by atoms with Gasteiger partial charge in [0, 0.05) is 49.3 Å². The summed E-state index contributed by atoms with van der Waals surface area (Å²) in [5, 5.41) is 2.92. The summed E-state index contributed by atoms with van der Waals surface area (Å²) in [7, 11) is 0. The molecule has 1 aromatic rings. The first-order valence-electron chi connectivity index (χ1n) is 7.47. The molecule has 0 bridgehead atoms. The van der Waals surface area contributed by atoms with Crippen molar-refractivity contribution in [3.05, 3.63) is 28.7 Å². The number of anilines is 1. The highest BCUT2D eigenvalue weighted by Gasteiger charge is 2.21. The van der Waals surface area contributed by atoms with E-state index in [-0.39, 0.29) is 17.7 Å². The zero-order valence-corrected chi connectivity index (χ0v) is 14.3. The number of amides is 2. The molecule has 1 N–H and O–H groups in total. The van der Waals surface area contributed by atoms with Gasteiger partial charge in [0.15, 0.2) is 0 Å². The molecule has 1 saturated heterocycles. The number of hydrogen-bond donors (Lipinski definition) is 1. The zero-order chi connectivity index (χ0) is 15.9. The Hall–Kier alpha value is -1.40. The molecule has 0 atom stereocenters. The van der Waals surface area contributed by atoms with Gasteiger partial charge in [-0.05, 0) is 31.0 Å². The minimum absolute atomic E-state index is 0.0328. The van der Waals surface area contributed by atoms with Gasteiger partial charge in [-0.15, -0.1) is 0 Å². The molecule has 6 heteroatoms. The lowest BCUT2D eigenvalue weighted by molar-refractivity contribution is -0.127. The first-order valence-corrected chi connectivity index (χ1v) is 8.26. The van der Waals surface area contributed by atoms with Crippen molar-refractivity contribution in [3.63, 3.8) is 0 Å². The predicted octanol–water partition coefficient (Wildman–Crippen LogP) is 2.34. The van der Waals surface area contributed by atoms with Gasteiger partial charge in [-0.25, -0.2) is 0 Å². The molecule has 1 aromatic carbocycles. The van der Waals surface area contributed by atoms with Crippen molar-refractivity contribution in [1.29, 1.82) is 0 Å². The maximum Gasteiger partial charge on any atom is 0.223 e. The van der Waals surface area contributed by atoms with Crippen LogP contribution in [0.3, 0.4) is 0 Å². The normalized spacial score (nSPS) is 15.4. The second-order valence-corrected chi connectivity index (χ2v) is 6.24. The Morgan fingerprint density at radius 3 is 2.73 bits per heavy atom. The van der Waals surface area contributed by atoms with Gasteiger partial charge in [0.2, 0.25) is 11.8 Å². The van der Waals surface area contributed by atoms with Crippen LogP contribution in [0, 0.1) is 5.92 Å². The molecule has 0 unspecified atom stereocenters. The lowest BCUT2D eigenvalue weighted by Crippen LogP contribution is -2.40. The highest BCUT2D eigenvalue weighted by Crippen LogP contribution is 2.20. The highest BCUT2D eigenvalue weighted by molar-refractivity contribution is 9.10. The molecule has 5 nitrogen and oxygen atoms in total.